The summed E-state index contributed by atoms with van der Waals surface area (Å²) >= 11 is 6.04. The zero-order chi connectivity index (χ0) is 19.8. The summed E-state index contributed by atoms with van der Waals surface area (Å²) in [6.07, 6.45) is 9.69. The Labute approximate surface area is 172 Å². The molecule has 28 heavy (non-hydrogen) atoms. The van der Waals surface area contributed by atoms with Gasteiger partial charge in [-0.15, -0.1) is 0 Å². The average molecular weight is 404 g/mol. The van der Waals surface area contributed by atoms with Gasteiger partial charge in [0.25, 0.3) is 0 Å². The first-order valence-corrected chi connectivity index (χ1v) is 10.9. The number of carbonyl (C=O) groups is 1. The van der Waals surface area contributed by atoms with Gasteiger partial charge in [-0.2, -0.15) is 4.98 Å². The molecule has 1 aromatic heterocycles. The Hall–Kier alpha value is -1.88. The summed E-state index contributed by atoms with van der Waals surface area (Å²) in [7, 11) is 0. The molecule has 1 fully saturated rings. The molecule has 1 aromatic carbocycles. The SMILES string of the molecule is CCCCCCCCC(=O)N1CCC(c2nc(-c3cccc(Cl)c3)no2)CC1. The fourth-order valence-corrected chi connectivity index (χ4v) is 3.93. The highest BCUT2D eigenvalue weighted by Gasteiger charge is 2.27. The fourth-order valence-electron chi connectivity index (χ4n) is 3.74. The van der Waals surface area contributed by atoms with Gasteiger partial charge in [-0.1, -0.05) is 67.9 Å². The first-order chi connectivity index (χ1) is 13.7. The number of rotatable bonds is 9. The first kappa shape index (κ1) is 20.8. The number of benzene rings is 1. The van der Waals surface area contributed by atoms with Crippen LogP contribution in [-0.4, -0.2) is 34.0 Å². The normalized spacial score (nSPS) is 15.1. The minimum atomic E-state index is 0.221. The van der Waals surface area contributed by atoms with Crippen molar-refractivity contribution in [3.05, 3.63) is 35.2 Å². The highest BCUT2D eigenvalue weighted by molar-refractivity contribution is 6.30. The molecule has 6 heteroatoms. The van der Waals surface area contributed by atoms with E-state index in [9.17, 15) is 4.79 Å². The van der Waals surface area contributed by atoms with Crippen LogP contribution in [0.5, 0.6) is 0 Å². The van der Waals surface area contributed by atoms with Gasteiger partial charge >= 0.3 is 0 Å². The topological polar surface area (TPSA) is 59.2 Å². The van der Waals surface area contributed by atoms with Crippen LogP contribution < -0.4 is 0 Å². The van der Waals surface area contributed by atoms with E-state index < -0.39 is 0 Å². The number of aromatic nitrogens is 2. The fraction of sp³-hybridized carbons (Fsp3) is 0.591. The molecule has 152 valence electrons. The molecule has 0 spiro atoms. The molecule has 0 saturated carbocycles. The lowest BCUT2D eigenvalue weighted by molar-refractivity contribution is -0.132. The second-order valence-electron chi connectivity index (χ2n) is 7.64. The van der Waals surface area contributed by atoms with Crippen LogP contribution in [-0.2, 0) is 4.79 Å². The van der Waals surface area contributed by atoms with E-state index >= 15 is 0 Å². The van der Waals surface area contributed by atoms with Gasteiger partial charge in [0.05, 0.1) is 0 Å². The quantitative estimate of drug-likeness (QED) is 0.493. The third kappa shape index (κ3) is 5.81. The Bertz CT molecular complexity index is 754. The van der Waals surface area contributed by atoms with E-state index in [1.165, 1.54) is 25.7 Å². The maximum absolute atomic E-state index is 12.4. The van der Waals surface area contributed by atoms with Crippen molar-refractivity contribution < 1.29 is 9.32 Å². The van der Waals surface area contributed by atoms with Crippen LogP contribution in [0.2, 0.25) is 5.02 Å². The molecule has 0 radical (unpaired) electrons. The van der Waals surface area contributed by atoms with Crippen molar-refractivity contribution in [3.8, 4) is 11.4 Å². The number of likely N-dealkylation sites (tertiary alicyclic amines) is 1. The summed E-state index contributed by atoms with van der Waals surface area (Å²) in [6.45, 7) is 3.77. The summed E-state index contributed by atoms with van der Waals surface area (Å²) in [5, 5.41) is 4.76. The molecule has 1 saturated heterocycles. The van der Waals surface area contributed by atoms with E-state index in [4.69, 9.17) is 16.1 Å². The minimum Gasteiger partial charge on any atom is -0.343 e. The molecule has 1 amide bonds. The Morgan fingerprint density at radius 2 is 1.93 bits per heavy atom. The van der Waals surface area contributed by atoms with Crippen molar-refractivity contribution >= 4 is 17.5 Å². The highest BCUT2D eigenvalue weighted by atomic mass is 35.5. The van der Waals surface area contributed by atoms with E-state index in [2.05, 4.69) is 17.1 Å². The van der Waals surface area contributed by atoms with Crippen LogP contribution in [0.4, 0.5) is 0 Å². The van der Waals surface area contributed by atoms with Crippen molar-refractivity contribution in [1.29, 1.82) is 0 Å². The van der Waals surface area contributed by atoms with Gasteiger partial charge in [-0.25, -0.2) is 0 Å². The molecule has 2 heterocycles. The lowest BCUT2D eigenvalue weighted by Crippen LogP contribution is -2.37. The summed E-state index contributed by atoms with van der Waals surface area (Å²) in [6, 6.07) is 7.45. The van der Waals surface area contributed by atoms with Crippen LogP contribution in [0.25, 0.3) is 11.4 Å². The number of nitrogens with zero attached hydrogens (tertiary/aromatic N) is 3. The van der Waals surface area contributed by atoms with Gasteiger partial charge in [0, 0.05) is 36.0 Å². The van der Waals surface area contributed by atoms with Crippen molar-refractivity contribution in [3.63, 3.8) is 0 Å². The molecule has 1 aliphatic heterocycles. The predicted octanol–water partition coefficient (Wildman–Crippen LogP) is 5.85. The Balaban J connectivity index is 1.43. The zero-order valence-electron chi connectivity index (χ0n) is 16.7. The van der Waals surface area contributed by atoms with E-state index in [-0.39, 0.29) is 5.92 Å². The van der Waals surface area contributed by atoms with E-state index in [1.807, 2.05) is 29.2 Å². The summed E-state index contributed by atoms with van der Waals surface area (Å²) in [5.74, 6) is 1.75. The Kier molecular flexibility index (Phi) is 7.90. The maximum atomic E-state index is 12.4. The number of hydrogen-bond donors (Lipinski definition) is 0. The van der Waals surface area contributed by atoms with Gasteiger partial charge in [-0.05, 0) is 31.4 Å². The summed E-state index contributed by atoms with van der Waals surface area (Å²) < 4.78 is 5.50. The minimum absolute atomic E-state index is 0.221. The smallest absolute Gasteiger partial charge is 0.230 e. The van der Waals surface area contributed by atoms with Crippen LogP contribution in [0.1, 0.15) is 76.5 Å². The monoisotopic (exact) mass is 403 g/mol. The number of halogens is 1. The molecule has 5 nitrogen and oxygen atoms in total. The van der Waals surface area contributed by atoms with E-state index in [0.717, 1.165) is 44.3 Å². The Morgan fingerprint density at radius 3 is 2.68 bits per heavy atom. The van der Waals surface area contributed by atoms with Gasteiger partial charge < -0.3 is 9.42 Å². The second-order valence-corrected chi connectivity index (χ2v) is 8.08. The van der Waals surface area contributed by atoms with Crippen molar-refractivity contribution in [2.24, 2.45) is 0 Å². The molecule has 0 N–H and O–H groups in total. The molecular weight excluding hydrogens is 374 g/mol. The lowest BCUT2D eigenvalue weighted by Gasteiger charge is -2.30. The third-order valence-corrected chi connectivity index (χ3v) is 5.70. The highest BCUT2D eigenvalue weighted by Crippen LogP contribution is 2.29. The Morgan fingerprint density at radius 1 is 1.18 bits per heavy atom. The second kappa shape index (κ2) is 10.6. The average Bonchev–Trinajstić information content (AvgIpc) is 3.21. The number of carbonyl (C=O) groups excluding carboxylic acids is 1. The first-order valence-electron chi connectivity index (χ1n) is 10.5. The number of amides is 1. The molecule has 3 rings (SSSR count). The lowest BCUT2D eigenvalue weighted by atomic mass is 9.96. The van der Waals surface area contributed by atoms with E-state index in [1.54, 1.807) is 0 Å². The summed E-state index contributed by atoms with van der Waals surface area (Å²) in [5.41, 5.74) is 0.856. The largest absolute Gasteiger partial charge is 0.343 e. The molecule has 0 bridgehead atoms. The zero-order valence-corrected chi connectivity index (χ0v) is 17.5. The number of hydrogen-bond acceptors (Lipinski definition) is 4. The van der Waals surface area contributed by atoms with E-state index in [0.29, 0.717) is 29.1 Å². The van der Waals surface area contributed by atoms with Gasteiger partial charge in [0.1, 0.15) is 0 Å². The maximum Gasteiger partial charge on any atom is 0.230 e. The van der Waals surface area contributed by atoms with Crippen molar-refractivity contribution in [2.45, 2.75) is 70.6 Å². The van der Waals surface area contributed by atoms with Crippen LogP contribution in [0.15, 0.2) is 28.8 Å². The molecular formula is C22H30ClN3O2. The number of unbranched alkanes of at least 4 members (excludes halogenated alkanes) is 5. The molecule has 0 aliphatic carbocycles. The van der Waals surface area contributed by atoms with Crippen LogP contribution >= 0.6 is 11.6 Å². The third-order valence-electron chi connectivity index (χ3n) is 5.47. The van der Waals surface area contributed by atoms with Gasteiger partial charge in [-0.3, -0.25) is 4.79 Å². The standard InChI is InChI=1S/C22H30ClN3O2/c1-2-3-4-5-6-7-11-20(27)26-14-12-17(13-15-26)22-24-21(25-28-22)18-9-8-10-19(23)16-18/h8-10,16-17H,2-7,11-15H2,1H3. The molecule has 0 atom stereocenters. The molecule has 0 unspecified atom stereocenters. The van der Waals surface area contributed by atoms with Crippen molar-refractivity contribution in [1.82, 2.24) is 15.0 Å². The van der Waals surface area contributed by atoms with Crippen LogP contribution in [0.3, 0.4) is 0 Å². The van der Waals surface area contributed by atoms with Gasteiger partial charge in [0.15, 0.2) is 0 Å². The van der Waals surface area contributed by atoms with Crippen molar-refractivity contribution in [2.75, 3.05) is 13.1 Å². The summed E-state index contributed by atoms with van der Waals surface area (Å²) in [4.78, 5) is 19.0. The molecule has 2 aromatic rings. The molecule has 1 aliphatic rings. The van der Waals surface area contributed by atoms with Gasteiger partial charge in [0.2, 0.25) is 17.6 Å². The predicted molar refractivity (Wildman–Crippen MR) is 111 cm³/mol. The number of piperidine rings is 1. The van der Waals surface area contributed by atoms with Crippen LogP contribution in [0, 0.1) is 0 Å².